The highest BCUT2D eigenvalue weighted by molar-refractivity contribution is 5.60. The Kier molecular flexibility index (Phi) is 5.49. The van der Waals surface area contributed by atoms with Crippen LogP contribution in [0.2, 0.25) is 0 Å². The van der Waals surface area contributed by atoms with E-state index in [0.29, 0.717) is 5.95 Å². The average Bonchev–Trinajstić information content (AvgIpc) is 2.49. The van der Waals surface area contributed by atoms with E-state index in [0.717, 1.165) is 24.5 Å². The maximum absolute atomic E-state index is 4.44. The Morgan fingerprint density at radius 3 is 2.81 bits per heavy atom. The van der Waals surface area contributed by atoms with Crippen LogP contribution in [0.4, 0.5) is 17.5 Å². The third-order valence-corrected chi connectivity index (χ3v) is 3.50. The fourth-order valence-corrected chi connectivity index (χ4v) is 2.04. The Morgan fingerprint density at radius 1 is 1.14 bits per heavy atom. The first-order valence-corrected chi connectivity index (χ1v) is 7.47. The summed E-state index contributed by atoms with van der Waals surface area (Å²) in [6.07, 6.45) is 5.22. The number of hydrogen-bond donors (Lipinski definition) is 2. The molecule has 5 heteroatoms. The number of aryl methyl sites for hydroxylation is 1. The lowest BCUT2D eigenvalue weighted by Crippen LogP contribution is -2.07. The van der Waals surface area contributed by atoms with Gasteiger partial charge >= 0.3 is 0 Å². The van der Waals surface area contributed by atoms with Gasteiger partial charge in [0, 0.05) is 12.2 Å². The van der Waals surface area contributed by atoms with Gasteiger partial charge in [-0.3, -0.25) is 0 Å². The monoisotopic (exact) mass is 285 g/mol. The van der Waals surface area contributed by atoms with Gasteiger partial charge in [0.1, 0.15) is 0 Å². The Labute approximate surface area is 126 Å². The predicted octanol–water partition coefficient (Wildman–Crippen LogP) is 3.83. The van der Waals surface area contributed by atoms with E-state index < -0.39 is 0 Å². The summed E-state index contributed by atoms with van der Waals surface area (Å²) in [5.74, 6) is 1.28. The first-order valence-electron chi connectivity index (χ1n) is 7.47. The van der Waals surface area contributed by atoms with Crippen LogP contribution in [0.1, 0.15) is 37.3 Å². The fraction of sp³-hybridized carbons (Fsp3) is 0.438. The van der Waals surface area contributed by atoms with E-state index in [2.05, 4.69) is 52.7 Å². The van der Waals surface area contributed by atoms with Gasteiger partial charge in [0.2, 0.25) is 5.95 Å². The van der Waals surface area contributed by atoms with Crippen molar-refractivity contribution in [3.63, 3.8) is 0 Å². The third kappa shape index (κ3) is 4.41. The second-order valence-electron chi connectivity index (χ2n) is 5.17. The lowest BCUT2D eigenvalue weighted by atomic mass is 10.1. The van der Waals surface area contributed by atoms with Crippen LogP contribution >= 0.6 is 0 Å². The van der Waals surface area contributed by atoms with Gasteiger partial charge in [-0.2, -0.15) is 10.1 Å². The minimum atomic E-state index is 0.518. The number of nitrogens with zero attached hydrogens (tertiary/aromatic N) is 3. The van der Waals surface area contributed by atoms with Gasteiger partial charge in [0.25, 0.3) is 0 Å². The largest absolute Gasteiger partial charge is 0.369 e. The first kappa shape index (κ1) is 15.2. The normalized spacial score (nSPS) is 10.4. The molecule has 0 aliphatic carbocycles. The molecule has 0 radical (unpaired) electrons. The SMILES string of the molecule is CCCCCNc1cnnc(Nc2cccc(C)c2C)n1. The average molecular weight is 285 g/mol. The van der Waals surface area contributed by atoms with Crippen molar-refractivity contribution in [2.24, 2.45) is 0 Å². The molecular formula is C16H23N5. The van der Waals surface area contributed by atoms with Crippen LogP contribution < -0.4 is 10.6 Å². The van der Waals surface area contributed by atoms with Gasteiger partial charge in [-0.05, 0) is 37.5 Å². The summed E-state index contributed by atoms with van der Waals surface area (Å²) in [6.45, 7) is 7.27. The lowest BCUT2D eigenvalue weighted by molar-refractivity contribution is 0.741. The van der Waals surface area contributed by atoms with Gasteiger partial charge < -0.3 is 10.6 Å². The number of rotatable bonds is 7. The molecule has 2 N–H and O–H groups in total. The zero-order valence-electron chi connectivity index (χ0n) is 13.0. The summed E-state index contributed by atoms with van der Waals surface area (Å²) in [5.41, 5.74) is 3.45. The molecule has 112 valence electrons. The standard InChI is InChI=1S/C16H23N5/c1-4-5-6-10-17-15-11-18-21-16(20-15)19-14-9-7-8-12(2)13(14)3/h7-9,11H,4-6,10H2,1-3H3,(H2,17,19,20,21). The molecule has 0 amide bonds. The summed E-state index contributed by atoms with van der Waals surface area (Å²) >= 11 is 0. The van der Waals surface area contributed by atoms with Crippen molar-refractivity contribution in [1.82, 2.24) is 15.2 Å². The van der Waals surface area contributed by atoms with Crippen molar-refractivity contribution in [2.75, 3.05) is 17.2 Å². The number of unbranched alkanes of at least 4 members (excludes halogenated alkanes) is 2. The van der Waals surface area contributed by atoms with Crippen molar-refractivity contribution < 1.29 is 0 Å². The third-order valence-electron chi connectivity index (χ3n) is 3.50. The predicted molar refractivity (Wildman–Crippen MR) is 87.0 cm³/mol. The molecule has 2 aromatic rings. The van der Waals surface area contributed by atoms with Crippen LogP contribution in [0.5, 0.6) is 0 Å². The van der Waals surface area contributed by atoms with Gasteiger partial charge in [0.05, 0.1) is 6.20 Å². The maximum Gasteiger partial charge on any atom is 0.249 e. The van der Waals surface area contributed by atoms with Crippen LogP contribution in [0.3, 0.4) is 0 Å². The molecule has 0 saturated carbocycles. The van der Waals surface area contributed by atoms with Crippen molar-refractivity contribution in [2.45, 2.75) is 40.0 Å². The molecule has 0 aliphatic rings. The van der Waals surface area contributed by atoms with Crippen LogP contribution in [-0.4, -0.2) is 21.7 Å². The molecular weight excluding hydrogens is 262 g/mol. The molecule has 0 saturated heterocycles. The summed E-state index contributed by atoms with van der Waals surface area (Å²) in [7, 11) is 0. The summed E-state index contributed by atoms with van der Waals surface area (Å²) < 4.78 is 0. The smallest absolute Gasteiger partial charge is 0.249 e. The number of anilines is 3. The fourth-order valence-electron chi connectivity index (χ4n) is 2.04. The molecule has 0 spiro atoms. The van der Waals surface area contributed by atoms with E-state index in [9.17, 15) is 0 Å². The van der Waals surface area contributed by atoms with Crippen molar-refractivity contribution in [3.05, 3.63) is 35.5 Å². The highest BCUT2D eigenvalue weighted by Gasteiger charge is 2.04. The van der Waals surface area contributed by atoms with Crippen molar-refractivity contribution in [1.29, 1.82) is 0 Å². The second kappa shape index (κ2) is 7.57. The summed E-state index contributed by atoms with van der Waals surface area (Å²) in [5, 5.41) is 14.5. The van der Waals surface area contributed by atoms with Crippen LogP contribution in [0.15, 0.2) is 24.4 Å². The molecule has 0 fully saturated rings. The van der Waals surface area contributed by atoms with E-state index in [1.165, 1.54) is 24.0 Å². The number of benzene rings is 1. The topological polar surface area (TPSA) is 62.7 Å². The molecule has 21 heavy (non-hydrogen) atoms. The molecule has 0 aliphatic heterocycles. The molecule has 0 unspecified atom stereocenters. The second-order valence-corrected chi connectivity index (χ2v) is 5.17. The van der Waals surface area contributed by atoms with Gasteiger partial charge in [-0.25, -0.2) is 0 Å². The highest BCUT2D eigenvalue weighted by Crippen LogP contribution is 2.20. The van der Waals surface area contributed by atoms with Crippen LogP contribution in [0.25, 0.3) is 0 Å². The Morgan fingerprint density at radius 2 is 2.00 bits per heavy atom. The number of hydrogen-bond acceptors (Lipinski definition) is 5. The quantitative estimate of drug-likeness (QED) is 0.757. The number of nitrogens with one attached hydrogen (secondary N) is 2. The zero-order valence-corrected chi connectivity index (χ0v) is 13.0. The summed E-state index contributed by atoms with van der Waals surface area (Å²) in [6, 6.07) is 6.13. The van der Waals surface area contributed by atoms with Crippen LogP contribution in [0, 0.1) is 13.8 Å². The Balaban J connectivity index is 2.02. The highest BCUT2D eigenvalue weighted by atomic mass is 15.3. The molecule has 1 aromatic heterocycles. The van der Waals surface area contributed by atoms with E-state index in [1.807, 2.05) is 12.1 Å². The van der Waals surface area contributed by atoms with Crippen molar-refractivity contribution in [3.8, 4) is 0 Å². The molecule has 1 heterocycles. The van der Waals surface area contributed by atoms with E-state index >= 15 is 0 Å². The Bertz CT molecular complexity index is 583. The van der Waals surface area contributed by atoms with Crippen molar-refractivity contribution >= 4 is 17.5 Å². The lowest BCUT2D eigenvalue weighted by Gasteiger charge is -2.10. The molecule has 0 atom stereocenters. The van der Waals surface area contributed by atoms with E-state index in [4.69, 9.17) is 0 Å². The molecule has 2 rings (SSSR count). The Hall–Kier alpha value is -2.17. The van der Waals surface area contributed by atoms with Gasteiger partial charge in [0.15, 0.2) is 5.82 Å². The molecule has 0 bridgehead atoms. The van der Waals surface area contributed by atoms with Crippen LogP contribution in [-0.2, 0) is 0 Å². The number of aromatic nitrogens is 3. The maximum atomic E-state index is 4.44. The van der Waals surface area contributed by atoms with Gasteiger partial charge in [-0.1, -0.05) is 31.9 Å². The minimum Gasteiger partial charge on any atom is -0.369 e. The molecule has 5 nitrogen and oxygen atoms in total. The first-order chi connectivity index (χ1) is 10.2. The zero-order chi connectivity index (χ0) is 15.1. The molecule has 1 aromatic carbocycles. The van der Waals surface area contributed by atoms with E-state index in [-0.39, 0.29) is 0 Å². The van der Waals surface area contributed by atoms with E-state index in [1.54, 1.807) is 6.20 Å². The summed E-state index contributed by atoms with van der Waals surface area (Å²) in [4.78, 5) is 4.44. The van der Waals surface area contributed by atoms with Gasteiger partial charge in [-0.15, -0.1) is 5.10 Å². The minimum absolute atomic E-state index is 0.518.